The lowest BCUT2D eigenvalue weighted by molar-refractivity contribution is 0.321. The van der Waals surface area contributed by atoms with E-state index in [1.807, 2.05) is 50.1 Å². The van der Waals surface area contributed by atoms with Crippen molar-refractivity contribution in [1.29, 1.82) is 0 Å². The largest absolute Gasteiger partial charge is 0.491 e. The average Bonchev–Trinajstić information content (AvgIpc) is 2.56. The molecule has 0 aliphatic rings. The van der Waals surface area contributed by atoms with Crippen LogP contribution in [0.25, 0.3) is 10.9 Å². The van der Waals surface area contributed by atoms with Crippen molar-refractivity contribution in [2.24, 2.45) is 0 Å². The zero-order chi connectivity index (χ0) is 17.3. The summed E-state index contributed by atoms with van der Waals surface area (Å²) in [6.07, 6.45) is 0. The third-order valence-corrected chi connectivity index (χ3v) is 4.16. The van der Waals surface area contributed by atoms with Gasteiger partial charge >= 0.3 is 0 Å². The van der Waals surface area contributed by atoms with E-state index in [1.54, 1.807) is 6.07 Å². The number of nitrogens with zero attached hydrogens (tertiary/aromatic N) is 3. The first-order valence-electron chi connectivity index (χ1n) is 7.59. The number of aromatic nitrogens is 2. The summed E-state index contributed by atoms with van der Waals surface area (Å²) in [4.78, 5) is 10.9. The molecule has 0 N–H and O–H groups in total. The van der Waals surface area contributed by atoms with Crippen molar-refractivity contribution < 1.29 is 9.13 Å². The summed E-state index contributed by atoms with van der Waals surface area (Å²) in [5.41, 5.74) is 1.54. The third kappa shape index (κ3) is 3.19. The molecule has 0 saturated heterocycles. The van der Waals surface area contributed by atoms with Gasteiger partial charge in [-0.05, 0) is 44.2 Å². The molecular weight excluding hydrogens is 373 g/mol. The summed E-state index contributed by atoms with van der Waals surface area (Å²) < 4.78 is 20.4. The van der Waals surface area contributed by atoms with Gasteiger partial charge in [0.1, 0.15) is 11.6 Å². The molecule has 24 heavy (non-hydrogen) atoms. The molecule has 1 aromatic heterocycles. The summed E-state index contributed by atoms with van der Waals surface area (Å²) in [6.45, 7) is 4.10. The van der Waals surface area contributed by atoms with Crippen LogP contribution in [0.15, 0.2) is 40.9 Å². The van der Waals surface area contributed by atoms with Gasteiger partial charge in [-0.25, -0.2) is 14.4 Å². The van der Waals surface area contributed by atoms with Gasteiger partial charge in [-0.3, -0.25) is 0 Å². The number of benzene rings is 2. The van der Waals surface area contributed by atoms with E-state index in [-0.39, 0.29) is 5.75 Å². The van der Waals surface area contributed by atoms with Crippen LogP contribution >= 0.6 is 15.9 Å². The highest BCUT2D eigenvalue weighted by Crippen LogP contribution is 2.32. The fourth-order valence-corrected chi connectivity index (χ4v) is 2.91. The quantitative estimate of drug-likeness (QED) is 0.628. The Bertz CT molecular complexity index is 901. The van der Waals surface area contributed by atoms with E-state index in [2.05, 4.69) is 25.9 Å². The first kappa shape index (κ1) is 16.6. The second-order valence-electron chi connectivity index (χ2n) is 5.36. The van der Waals surface area contributed by atoms with Gasteiger partial charge in [0.2, 0.25) is 0 Å². The Hall–Kier alpha value is -2.21. The molecule has 0 unspecified atom stereocenters. The summed E-state index contributed by atoms with van der Waals surface area (Å²) in [5.74, 6) is 1.25. The van der Waals surface area contributed by atoms with Crippen LogP contribution in [-0.4, -0.2) is 23.6 Å². The molecule has 0 radical (unpaired) electrons. The van der Waals surface area contributed by atoms with E-state index in [0.29, 0.717) is 18.1 Å². The third-order valence-electron chi connectivity index (χ3n) is 3.67. The first-order chi connectivity index (χ1) is 11.5. The Morgan fingerprint density at radius 1 is 1.17 bits per heavy atom. The molecule has 0 aliphatic heterocycles. The summed E-state index contributed by atoms with van der Waals surface area (Å²) in [7, 11) is 1.86. The van der Waals surface area contributed by atoms with Gasteiger partial charge in [0.15, 0.2) is 11.6 Å². The predicted molar refractivity (Wildman–Crippen MR) is 97.6 cm³/mol. The molecule has 3 aromatic rings. The molecule has 0 bridgehead atoms. The van der Waals surface area contributed by atoms with Crippen LogP contribution < -0.4 is 9.64 Å². The van der Waals surface area contributed by atoms with Crippen molar-refractivity contribution in [3.63, 3.8) is 0 Å². The van der Waals surface area contributed by atoms with Crippen LogP contribution in [0.3, 0.4) is 0 Å². The summed E-state index contributed by atoms with van der Waals surface area (Å²) >= 11 is 3.48. The number of hydrogen-bond acceptors (Lipinski definition) is 4. The van der Waals surface area contributed by atoms with Crippen LogP contribution in [0, 0.1) is 12.7 Å². The molecule has 0 spiro atoms. The van der Waals surface area contributed by atoms with Gasteiger partial charge in [0, 0.05) is 28.7 Å². The van der Waals surface area contributed by atoms with Gasteiger partial charge < -0.3 is 9.64 Å². The topological polar surface area (TPSA) is 38.2 Å². The Labute approximate surface area is 148 Å². The monoisotopic (exact) mass is 389 g/mol. The molecule has 0 aliphatic carbocycles. The minimum absolute atomic E-state index is 0.251. The normalized spacial score (nSPS) is 10.9. The standard InChI is InChI=1S/C18H17BrFN3O/c1-4-24-17-8-6-13(10-15(17)20)23(3)18-14-9-12(19)5-7-16(14)21-11(2)22-18/h5-10H,4H2,1-3H3. The Kier molecular flexibility index (Phi) is 4.66. The highest BCUT2D eigenvalue weighted by molar-refractivity contribution is 9.10. The lowest BCUT2D eigenvalue weighted by Crippen LogP contribution is -2.13. The Morgan fingerprint density at radius 2 is 1.96 bits per heavy atom. The van der Waals surface area contributed by atoms with E-state index in [4.69, 9.17) is 4.74 Å². The molecule has 0 amide bonds. The maximum absolute atomic E-state index is 14.2. The van der Waals surface area contributed by atoms with E-state index in [1.165, 1.54) is 6.07 Å². The summed E-state index contributed by atoms with van der Waals surface area (Å²) in [5, 5.41) is 0.895. The molecule has 0 fully saturated rings. The smallest absolute Gasteiger partial charge is 0.167 e. The van der Waals surface area contributed by atoms with Crippen LogP contribution in [0.2, 0.25) is 0 Å². The molecule has 3 rings (SSSR count). The lowest BCUT2D eigenvalue weighted by atomic mass is 10.2. The number of hydrogen-bond donors (Lipinski definition) is 0. The fraction of sp³-hybridized carbons (Fsp3) is 0.222. The van der Waals surface area contributed by atoms with Gasteiger partial charge in [0.25, 0.3) is 0 Å². The molecule has 124 valence electrons. The zero-order valence-corrected chi connectivity index (χ0v) is 15.3. The van der Waals surface area contributed by atoms with Crippen LogP contribution in [-0.2, 0) is 0 Å². The van der Waals surface area contributed by atoms with E-state index >= 15 is 0 Å². The summed E-state index contributed by atoms with van der Waals surface area (Å²) in [6, 6.07) is 10.7. The van der Waals surface area contributed by atoms with Gasteiger partial charge in [0.05, 0.1) is 12.1 Å². The average molecular weight is 390 g/mol. The van der Waals surface area contributed by atoms with E-state index < -0.39 is 5.82 Å². The van der Waals surface area contributed by atoms with Crippen LogP contribution in [0.5, 0.6) is 5.75 Å². The van der Waals surface area contributed by atoms with Crippen molar-refractivity contribution >= 4 is 38.3 Å². The number of halogens is 2. The predicted octanol–water partition coefficient (Wildman–Crippen LogP) is 5.01. The Morgan fingerprint density at radius 3 is 2.67 bits per heavy atom. The SMILES string of the molecule is CCOc1ccc(N(C)c2nc(C)nc3ccc(Br)cc23)cc1F. The second kappa shape index (κ2) is 6.73. The number of aryl methyl sites for hydroxylation is 1. The second-order valence-corrected chi connectivity index (χ2v) is 6.28. The molecule has 0 atom stereocenters. The van der Waals surface area contributed by atoms with Crippen molar-refractivity contribution in [3.8, 4) is 5.75 Å². The van der Waals surface area contributed by atoms with Gasteiger partial charge in [-0.1, -0.05) is 15.9 Å². The van der Waals surface area contributed by atoms with Crippen molar-refractivity contribution in [1.82, 2.24) is 9.97 Å². The number of fused-ring (bicyclic) bond motifs is 1. The maximum atomic E-state index is 14.2. The van der Waals surface area contributed by atoms with Gasteiger partial charge in [-0.2, -0.15) is 0 Å². The van der Waals surface area contributed by atoms with Crippen LogP contribution in [0.1, 0.15) is 12.7 Å². The van der Waals surface area contributed by atoms with Crippen LogP contribution in [0.4, 0.5) is 15.9 Å². The minimum Gasteiger partial charge on any atom is -0.491 e. The van der Waals surface area contributed by atoms with Crippen molar-refractivity contribution in [2.45, 2.75) is 13.8 Å². The highest BCUT2D eigenvalue weighted by atomic mass is 79.9. The van der Waals surface area contributed by atoms with E-state index in [9.17, 15) is 4.39 Å². The zero-order valence-electron chi connectivity index (χ0n) is 13.7. The first-order valence-corrected chi connectivity index (χ1v) is 8.39. The van der Waals surface area contributed by atoms with E-state index in [0.717, 1.165) is 21.2 Å². The fourth-order valence-electron chi connectivity index (χ4n) is 2.55. The Balaban J connectivity index is 2.09. The highest BCUT2D eigenvalue weighted by Gasteiger charge is 2.14. The van der Waals surface area contributed by atoms with Gasteiger partial charge in [-0.15, -0.1) is 0 Å². The maximum Gasteiger partial charge on any atom is 0.167 e. The molecule has 0 saturated carbocycles. The molecule has 2 aromatic carbocycles. The number of ether oxygens (including phenoxy) is 1. The minimum atomic E-state index is -0.391. The lowest BCUT2D eigenvalue weighted by Gasteiger charge is -2.21. The number of rotatable bonds is 4. The van der Waals surface area contributed by atoms with Crippen molar-refractivity contribution in [2.75, 3.05) is 18.6 Å². The van der Waals surface area contributed by atoms with Crippen molar-refractivity contribution in [3.05, 3.63) is 52.5 Å². The number of anilines is 2. The molecule has 6 heteroatoms. The molecular formula is C18H17BrFN3O. The molecule has 1 heterocycles. The molecule has 4 nitrogen and oxygen atoms in total.